The van der Waals surface area contributed by atoms with E-state index in [1.807, 2.05) is 49.3 Å². The van der Waals surface area contributed by atoms with Gasteiger partial charge < -0.3 is 14.7 Å². The van der Waals surface area contributed by atoms with Gasteiger partial charge in [-0.3, -0.25) is 14.6 Å². The molecule has 0 bridgehead atoms. The molecule has 31 heavy (non-hydrogen) atoms. The monoisotopic (exact) mass is 423 g/mol. The molecule has 2 aromatic rings. The first-order valence-electron chi connectivity index (χ1n) is 10.6. The van der Waals surface area contributed by atoms with Crippen LogP contribution in [0.3, 0.4) is 0 Å². The lowest BCUT2D eigenvalue weighted by molar-refractivity contribution is -0.144. The van der Waals surface area contributed by atoms with Crippen molar-refractivity contribution in [2.24, 2.45) is 0 Å². The molecule has 2 aliphatic rings. The van der Waals surface area contributed by atoms with Crippen molar-refractivity contribution in [2.45, 2.75) is 31.2 Å². The van der Waals surface area contributed by atoms with Gasteiger partial charge in [0.2, 0.25) is 0 Å². The average Bonchev–Trinajstić information content (AvgIpc) is 3.15. The summed E-state index contributed by atoms with van der Waals surface area (Å²) in [6.07, 6.45) is 1.18. The third kappa shape index (κ3) is 4.29. The first-order valence-corrected chi connectivity index (χ1v) is 10.6. The normalized spacial score (nSPS) is 20.7. The predicted molar refractivity (Wildman–Crippen MR) is 118 cm³/mol. The van der Waals surface area contributed by atoms with E-state index in [0.717, 1.165) is 25.3 Å². The fraction of sp³-hybridized carbons (Fsp3) is 0.417. The van der Waals surface area contributed by atoms with Crippen LogP contribution in [0.25, 0.3) is 0 Å². The highest BCUT2D eigenvalue weighted by molar-refractivity contribution is 5.97. The summed E-state index contributed by atoms with van der Waals surface area (Å²) in [5.41, 5.74) is 1.83. The molecule has 2 saturated heterocycles. The largest absolute Gasteiger partial charge is 0.480 e. The van der Waals surface area contributed by atoms with Crippen LogP contribution in [0.4, 0.5) is 5.69 Å². The molecule has 7 nitrogen and oxygen atoms in total. The van der Waals surface area contributed by atoms with Crippen LogP contribution in [-0.2, 0) is 16.1 Å². The number of hydrogen-bond donors (Lipinski definition) is 1. The number of amides is 1. The van der Waals surface area contributed by atoms with Crippen LogP contribution in [0.15, 0.2) is 54.6 Å². The van der Waals surface area contributed by atoms with Crippen molar-refractivity contribution in [1.82, 2.24) is 9.80 Å². The number of carbonyl (C=O) groups is 2. The Kier molecular flexibility index (Phi) is 5.98. The quantitative estimate of drug-likeness (QED) is 0.797. The first kappa shape index (κ1) is 21.3. The van der Waals surface area contributed by atoms with Gasteiger partial charge in [-0.1, -0.05) is 30.3 Å². The number of carboxylic acid groups (broad SMARTS) is 1. The molecule has 0 radical (unpaired) electrons. The highest BCUT2D eigenvalue weighted by atomic mass is 16.5. The summed E-state index contributed by atoms with van der Waals surface area (Å²) in [6.45, 7) is 2.34. The molecule has 164 valence electrons. The lowest BCUT2D eigenvalue weighted by atomic mass is 9.96. The minimum atomic E-state index is -1.03. The van der Waals surface area contributed by atoms with E-state index in [9.17, 15) is 14.7 Å². The van der Waals surface area contributed by atoms with Gasteiger partial charge in [0.15, 0.2) is 6.04 Å². The van der Waals surface area contributed by atoms with Crippen LogP contribution in [-0.4, -0.2) is 72.3 Å². The number of anilines is 1. The molecule has 2 heterocycles. The number of ether oxygens (including phenoxy) is 1. The molecular formula is C24H29N3O4. The van der Waals surface area contributed by atoms with E-state index in [1.165, 1.54) is 10.5 Å². The second kappa shape index (κ2) is 8.69. The third-order valence-electron chi connectivity index (χ3n) is 6.28. The molecule has 0 saturated carbocycles. The highest BCUT2D eigenvalue weighted by Gasteiger charge is 2.54. The molecule has 2 aliphatic heterocycles. The zero-order chi connectivity index (χ0) is 22.0. The van der Waals surface area contributed by atoms with Crippen molar-refractivity contribution in [3.8, 4) is 0 Å². The zero-order valence-electron chi connectivity index (χ0n) is 18.0. The van der Waals surface area contributed by atoms with Crippen LogP contribution in [0.1, 0.15) is 28.8 Å². The van der Waals surface area contributed by atoms with Gasteiger partial charge >= 0.3 is 5.97 Å². The standard InChI is InChI=1S/C24H29N3O4/c1-25(2)20-10-8-19(9-11-20)22(28)27-21(23(29)30)17-31-24(27)12-14-26(15-13-24)16-18-6-4-3-5-7-18/h3-11,21H,12-17H2,1-2H3,(H,29,30)/t21-/m0/s1. The molecule has 1 N–H and O–H groups in total. The molecule has 2 fully saturated rings. The van der Waals surface area contributed by atoms with Crippen molar-refractivity contribution in [3.63, 3.8) is 0 Å². The molecule has 1 spiro atoms. The lowest BCUT2D eigenvalue weighted by Crippen LogP contribution is -2.58. The van der Waals surface area contributed by atoms with Gasteiger partial charge in [-0.15, -0.1) is 0 Å². The van der Waals surface area contributed by atoms with Gasteiger partial charge in [-0.25, -0.2) is 4.79 Å². The Bertz CT molecular complexity index is 922. The topological polar surface area (TPSA) is 73.3 Å². The van der Waals surface area contributed by atoms with Gasteiger partial charge in [-0.2, -0.15) is 0 Å². The Hall–Kier alpha value is -2.90. The molecule has 1 amide bonds. The Morgan fingerprint density at radius 3 is 2.29 bits per heavy atom. The average molecular weight is 424 g/mol. The molecule has 2 aromatic carbocycles. The minimum Gasteiger partial charge on any atom is -0.480 e. The maximum absolute atomic E-state index is 13.4. The summed E-state index contributed by atoms with van der Waals surface area (Å²) in [5, 5.41) is 9.77. The zero-order valence-corrected chi connectivity index (χ0v) is 18.0. The van der Waals surface area contributed by atoms with E-state index >= 15 is 0 Å². The lowest BCUT2D eigenvalue weighted by Gasteiger charge is -2.44. The highest BCUT2D eigenvalue weighted by Crippen LogP contribution is 2.39. The van der Waals surface area contributed by atoms with Crippen LogP contribution in [0.5, 0.6) is 0 Å². The number of likely N-dealkylation sites (tertiary alicyclic amines) is 1. The summed E-state index contributed by atoms with van der Waals surface area (Å²) in [5.74, 6) is -1.31. The molecule has 7 heteroatoms. The smallest absolute Gasteiger partial charge is 0.328 e. The second-order valence-electron chi connectivity index (χ2n) is 8.49. The summed E-state index contributed by atoms with van der Waals surface area (Å²) in [7, 11) is 3.87. The van der Waals surface area contributed by atoms with Crippen molar-refractivity contribution >= 4 is 17.6 Å². The number of piperidine rings is 1. The molecule has 4 rings (SSSR count). The summed E-state index contributed by atoms with van der Waals surface area (Å²) >= 11 is 0. The van der Waals surface area contributed by atoms with E-state index in [1.54, 1.807) is 12.1 Å². The van der Waals surface area contributed by atoms with Crippen LogP contribution < -0.4 is 4.90 Å². The fourth-order valence-electron chi connectivity index (χ4n) is 4.50. The number of aliphatic carboxylic acids is 1. The van der Waals surface area contributed by atoms with E-state index in [-0.39, 0.29) is 12.5 Å². The summed E-state index contributed by atoms with van der Waals surface area (Å²) in [4.78, 5) is 31.1. The Labute approximate surface area is 182 Å². The van der Waals surface area contributed by atoms with Gasteiger partial charge in [-0.05, 0) is 29.8 Å². The van der Waals surface area contributed by atoms with E-state index in [2.05, 4.69) is 17.0 Å². The van der Waals surface area contributed by atoms with Gasteiger partial charge in [0.25, 0.3) is 5.91 Å². The molecule has 0 aliphatic carbocycles. The summed E-state index contributed by atoms with van der Waals surface area (Å²) < 4.78 is 6.06. The second-order valence-corrected chi connectivity index (χ2v) is 8.49. The molecule has 1 atom stereocenters. The molecule has 0 aromatic heterocycles. The van der Waals surface area contributed by atoms with Gasteiger partial charge in [0.05, 0.1) is 6.61 Å². The van der Waals surface area contributed by atoms with Crippen molar-refractivity contribution in [2.75, 3.05) is 38.7 Å². The number of nitrogens with zero attached hydrogens (tertiary/aromatic N) is 3. The van der Waals surface area contributed by atoms with Crippen LogP contribution >= 0.6 is 0 Å². The number of benzene rings is 2. The van der Waals surface area contributed by atoms with Crippen molar-refractivity contribution in [3.05, 3.63) is 65.7 Å². The number of rotatable bonds is 5. The van der Waals surface area contributed by atoms with Crippen molar-refractivity contribution < 1.29 is 19.4 Å². The minimum absolute atomic E-state index is 0.0234. The van der Waals surface area contributed by atoms with E-state index in [0.29, 0.717) is 18.4 Å². The van der Waals surface area contributed by atoms with Gasteiger partial charge in [0, 0.05) is 57.8 Å². The Morgan fingerprint density at radius 2 is 1.71 bits per heavy atom. The van der Waals surface area contributed by atoms with Crippen LogP contribution in [0.2, 0.25) is 0 Å². The first-order chi connectivity index (χ1) is 14.9. The fourth-order valence-corrected chi connectivity index (χ4v) is 4.50. The SMILES string of the molecule is CN(C)c1ccc(C(=O)N2[C@H](C(=O)O)COC23CCN(Cc2ccccc2)CC3)cc1. The maximum atomic E-state index is 13.4. The molecule has 0 unspecified atom stereocenters. The number of carbonyl (C=O) groups excluding carboxylic acids is 1. The van der Waals surface area contributed by atoms with E-state index in [4.69, 9.17) is 4.74 Å². The van der Waals surface area contributed by atoms with Gasteiger partial charge in [0.1, 0.15) is 5.72 Å². The number of carboxylic acids is 1. The number of hydrogen-bond acceptors (Lipinski definition) is 5. The maximum Gasteiger partial charge on any atom is 0.328 e. The van der Waals surface area contributed by atoms with Crippen molar-refractivity contribution in [1.29, 1.82) is 0 Å². The third-order valence-corrected chi connectivity index (χ3v) is 6.28. The Morgan fingerprint density at radius 1 is 1.06 bits per heavy atom. The summed E-state index contributed by atoms with van der Waals surface area (Å²) in [6, 6.07) is 16.5. The van der Waals surface area contributed by atoms with Crippen LogP contribution in [0, 0.1) is 0 Å². The molecular weight excluding hydrogens is 394 g/mol. The predicted octanol–water partition coefficient (Wildman–Crippen LogP) is 2.67. The van der Waals surface area contributed by atoms with E-state index < -0.39 is 17.7 Å². The Balaban J connectivity index is 1.53.